The highest BCUT2D eigenvalue weighted by Gasteiger charge is 2.16. The van der Waals surface area contributed by atoms with E-state index in [1.54, 1.807) is 66.9 Å². The maximum atomic E-state index is 12.7. The molecule has 3 aromatic rings. The Kier molecular flexibility index (Phi) is 6.71. The van der Waals surface area contributed by atoms with Crippen molar-refractivity contribution in [2.45, 2.75) is 31.1 Å². The van der Waals surface area contributed by atoms with Crippen LogP contribution in [0.3, 0.4) is 0 Å². The van der Waals surface area contributed by atoms with Gasteiger partial charge in [0.15, 0.2) is 0 Å². The van der Waals surface area contributed by atoms with E-state index in [1.807, 2.05) is 12.1 Å². The number of nitrogens with one attached hydrogen (secondary N) is 2. The van der Waals surface area contributed by atoms with Crippen LogP contribution in [0.15, 0.2) is 77.7 Å². The molecule has 0 aliphatic rings. The number of carbonyl (C=O) groups is 2. The topological polar surface area (TPSA) is 75.3 Å². The first kappa shape index (κ1) is 22.4. The average molecular weight is 435 g/mol. The van der Waals surface area contributed by atoms with Gasteiger partial charge in [-0.1, -0.05) is 45.0 Å². The molecule has 0 heterocycles. The number of hydrogen-bond acceptors (Lipinski definition) is 3. The van der Waals surface area contributed by atoms with Gasteiger partial charge in [-0.2, -0.15) is 0 Å². The minimum absolute atomic E-state index is 0.0102. The van der Waals surface area contributed by atoms with Crippen molar-refractivity contribution in [2.24, 2.45) is 0 Å². The van der Waals surface area contributed by atoms with Gasteiger partial charge in [-0.25, -0.2) is 0 Å². The largest absolute Gasteiger partial charge is 0.320 e. The minimum Gasteiger partial charge on any atom is -0.320 e. The number of hydrogen-bond donors (Lipinski definition) is 2. The predicted molar refractivity (Wildman–Crippen MR) is 126 cm³/mol. The van der Waals surface area contributed by atoms with Crippen LogP contribution in [0.5, 0.6) is 0 Å². The van der Waals surface area contributed by atoms with Gasteiger partial charge in [-0.3, -0.25) is 13.8 Å². The molecule has 0 saturated heterocycles. The standard InChI is InChI=1S/C25H26N2O3S/c1-25(2,3)19-13-9-17(10-14-19)23(28)26-21-7-5-6-8-22(21)27-24(29)18-11-15-20(16-12-18)31(4)30/h5-16H,1-4H3,(H,26,28)(H,27,29). The van der Waals surface area contributed by atoms with E-state index in [0.29, 0.717) is 27.4 Å². The second kappa shape index (κ2) is 9.27. The fourth-order valence-electron chi connectivity index (χ4n) is 3.01. The quantitative estimate of drug-likeness (QED) is 0.578. The first-order valence-corrected chi connectivity index (χ1v) is 11.5. The molecule has 0 fully saturated rings. The average Bonchev–Trinajstić information content (AvgIpc) is 2.74. The molecule has 1 unspecified atom stereocenters. The molecule has 5 nitrogen and oxygen atoms in total. The van der Waals surface area contributed by atoms with Crippen molar-refractivity contribution >= 4 is 34.0 Å². The highest BCUT2D eigenvalue weighted by atomic mass is 32.2. The second-order valence-electron chi connectivity index (χ2n) is 8.26. The first-order chi connectivity index (χ1) is 14.6. The van der Waals surface area contributed by atoms with E-state index in [4.69, 9.17) is 0 Å². The molecule has 3 aromatic carbocycles. The highest BCUT2D eigenvalue weighted by molar-refractivity contribution is 7.84. The van der Waals surface area contributed by atoms with Crippen molar-refractivity contribution in [2.75, 3.05) is 16.9 Å². The lowest BCUT2D eigenvalue weighted by molar-refractivity contribution is 0.101. The van der Waals surface area contributed by atoms with Gasteiger partial charge in [0, 0.05) is 33.1 Å². The van der Waals surface area contributed by atoms with Crippen LogP contribution >= 0.6 is 0 Å². The number of carbonyl (C=O) groups excluding carboxylic acids is 2. The SMILES string of the molecule is CS(=O)c1ccc(C(=O)Nc2ccccc2NC(=O)c2ccc(C(C)(C)C)cc2)cc1. The molecule has 0 aliphatic heterocycles. The Morgan fingerprint density at radius 1 is 0.710 bits per heavy atom. The highest BCUT2D eigenvalue weighted by Crippen LogP contribution is 2.25. The normalized spacial score (nSPS) is 12.1. The minimum atomic E-state index is -1.10. The van der Waals surface area contributed by atoms with Crippen LogP contribution in [0, 0.1) is 0 Å². The van der Waals surface area contributed by atoms with Crippen LogP contribution in [-0.4, -0.2) is 22.3 Å². The Labute approximate surface area is 185 Å². The summed E-state index contributed by atoms with van der Waals surface area (Å²) in [4.78, 5) is 26.0. The molecule has 31 heavy (non-hydrogen) atoms. The molecule has 2 amide bonds. The molecular formula is C25H26N2O3S. The smallest absolute Gasteiger partial charge is 0.255 e. The summed E-state index contributed by atoms with van der Waals surface area (Å²) in [6.45, 7) is 6.36. The van der Waals surface area contributed by atoms with Gasteiger partial charge in [0.2, 0.25) is 0 Å². The van der Waals surface area contributed by atoms with Crippen molar-refractivity contribution in [3.05, 3.63) is 89.5 Å². The van der Waals surface area contributed by atoms with E-state index in [-0.39, 0.29) is 17.2 Å². The second-order valence-corrected chi connectivity index (χ2v) is 9.64. The fraction of sp³-hybridized carbons (Fsp3) is 0.200. The molecule has 0 radical (unpaired) electrons. The molecule has 0 bridgehead atoms. The Hall–Kier alpha value is -3.25. The van der Waals surface area contributed by atoms with Gasteiger partial charge in [-0.15, -0.1) is 0 Å². The summed E-state index contributed by atoms with van der Waals surface area (Å²) in [5, 5.41) is 5.70. The van der Waals surface area contributed by atoms with Gasteiger partial charge in [0.25, 0.3) is 11.8 Å². The van der Waals surface area contributed by atoms with Crippen molar-refractivity contribution in [3.8, 4) is 0 Å². The number of rotatable bonds is 5. The van der Waals surface area contributed by atoms with Crippen LogP contribution in [0.2, 0.25) is 0 Å². The Morgan fingerprint density at radius 2 is 1.13 bits per heavy atom. The number of benzene rings is 3. The third-order valence-electron chi connectivity index (χ3n) is 4.89. The van der Waals surface area contributed by atoms with Crippen molar-refractivity contribution in [1.82, 2.24) is 0 Å². The van der Waals surface area contributed by atoms with Crippen molar-refractivity contribution in [3.63, 3.8) is 0 Å². The van der Waals surface area contributed by atoms with Crippen LogP contribution < -0.4 is 10.6 Å². The summed E-state index contributed by atoms with van der Waals surface area (Å²) in [6, 6.07) is 21.1. The van der Waals surface area contributed by atoms with Crippen LogP contribution in [-0.2, 0) is 16.2 Å². The number of para-hydroxylation sites is 2. The zero-order valence-corrected chi connectivity index (χ0v) is 18.9. The number of anilines is 2. The zero-order valence-electron chi connectivity index (χ0n) is 18.1. The third kappa shape index (κ3) is 5.67. The van der Waals surface area contributed by atoms with Gasteiger partial charge < -0.3 is 10.6 Å². The monoisotopic (exact) mass is 434 g/mol. The van der Waals surface area contributed by atoms with Crippen LogP contribution in [0.4, 0.5) is 11.4 Å². The van der Waals surface area contributed by atoms with Crippen molar-refractivity contribution < 1.29 is 13.8 Å². The molecule has 0 spiro atoms. The summed E-state index contributed by atoms with van der Waals surface area (Å²) < 4.78 is 11.5. The summed E-state index contributed by atoms with van der Waals surface area (Å²) in [6.07, 6.45) is 1.59. The van der Waals surface area contributed by atoms with E-state index >= 15 is 0 Å². The summed E-state index contributed by atoms with van der Waals surface area (Å²) >= 11 is 0. The lowest BCUT2D eigenvalue weighted by Crippen LogP contribution is -2.17. The van der Waals surface area contributed by atoms with E-state index in [0.717, 1.165) is 5.56 Å². The van der Waals surface area contributed by atoms with Gasteiger partial charge >= 0.3 is 0 Å². The van der Waals surface area contributed by atoms with Crippen LogP contribution in [0.25, 0.3) is 0 Å². The molecule has 160 valence electrons. The van der Waals surface area contributed by atoms with Gasteiger partial charge in [0.1, 0.15) is 0 Å². The maximum Gasteiger partial charge on any atom is 0.255 e. The number of amides is 2. The molecular weight excluding hydrogens is 408 g/mol. The Balaban J connectivity index is 1.75. The first-order valence-electron chi connectivity index (χ1n) is 9.91. The fourth-order valence-corrected chi connectivity index (χ4v) is 3.53. The molecule has 1 atom stereocenters. The summed E-state index contributed by atoms with van der Waals surface area (Å²) in [7, 11) is -1.10. The van der Waals surface area contributed by atoms with Crippen LogP contribution in [0.1, 0.15) is 47.1 Å². The van der Waals surface area contributed by atoms with Gasteiger partial charge in [-0.05, 0) is 59.5 Å². The van der Waals surface area contributed by atoms with E-state index < -0.39 is 10.8 Å². The summed E-state index contributed by atoms with van der Waals surface area (Å²) in [5.41, 5.74) is 3.14. The molecule has 6 heteroatoms. The third-order valence-corrected chi connectivity index (χ3v) is 5.82. The lowest BCUT2D eigenvalue weighted by Gasteiger charge is -2.19. The Morgan fingerprint density at radius 3 is 1.52 bits per heavy atom. The van der Waals surface area contributed by atoms with E-state index in [1.165, 1.54) is 0 Å². The van der Waals surface area contributed by atoms with E-state index in [2.05, 4.69) is 31.4 Å². The lowest BCUT2D eigenvalue weighted by atomic mass is 9.87. The molecule has 0 aliphatic carbocycles. The molecule has 0 saturated carbocycles. The molecule has 0 aromatic heterocycles. The summed E-state index contributed by atoms with van der Waals surface area (Å²) in [5.74, 6) is -0.568. The molecule has 2 N–H and O–H groups in total. The Bertz CT molecular complexity index is 1110. The maximum absolute atomic E-state index is 12.7. The zero-order chi connectivity index (χ0) is 22.6. The van der Waals surface area contributed by atoms with Crippen molar-refractivity contribution in [1.29, 1.82) is 0 Å². The van der Waals surface area contributed by atoms with E-state index in [9.17, 15) is 13.8 Å². The van der Waals surface area contributed by atoms with Gasteiger partial charge in [0.05, 0.1) is 11.4 Å². The molecule has 3 rings (SSSR count). The predicted octanol–water partition coefficient (Wildman–Crippen LogP) is 5.23.